The molecule has 1 saturated heterocycles. The first-order valence-electron chi connectivity index (χ1n) is 7.79. The maximum absolute atomic E-state index is 12.0. The highest BCUT2D eigenvalue weighted by Crippen LogP contribution is 2.23. The number of nitrogens with zero attached hydrogens (tertiary/aromatic N) is 1. The number of carboxylic acids is 1. The summed E-state index contributed by atoms with van der Waals surface area (Å²) in [5.74, 6) is -1.27. The van der Waals surface area contributed by atoms with Gasteiger partial charge in [-0.05, 0) is 12.8 Å². The minimum Gasteiger partial charge on any atom is -0.479 e. The molecular formula is C17H18N2O4S. The molecule has 3 rings (SSSR count). The highest BCUT2D eigenvalue weighted by atomic mass is 32.1. The van der Waals surface area contributed by atoms with Gasteiger partial charge < -0.3 is 15.2 Å². The Bertz CT molecular complexity index is 716. The van der Waals surface area contributed by atoms with Gasteiger partial charge in [0.1, 0.15) is 11.1 Å². The topological polar surface area (TPSA) is 88.5 Å². The third kappa shape index (κ3) is 3.98. The van der Waals surface area contributed by atoms with Crippen LogP contribution in [0.5, 0.6) is 0 Å². The molecule has 6 nitrogen and oxygen atoms in total. The van der Waals surface area contributed by atoms with Crippen molar-refractivity contribution in [3.63, 3.8) is 0 Å². The van der Waals surface area contributed by atoms with Crippen molar-refractivity contribution in [2.75, 3.05) is 6.54 Å². The second-order valence-corrected chi connectivity index (χ2v) is 6.44. The molecule has 0 spiro atoms. The van der Waals surface area contributed by atoms with Crippen LogP contribution in [-0.4, -0.2) is 40.7 Å². The van der Waals surface area contributed by atoms with Crippen LogP contribution in [-0.2, 0) is 20.7 Å². The summed E-state index contributed by atoms with van der Waals surface area (Å²) in [5.41, 5.74) is 2.01. The molecule has 2 atom stereocenters. The molecule has 7 heteroatoms. The lowest BCUT2D eigenvalue weighted by Crippen LogP contribution is -2.36. The molecule has 24 heavy (non-hydrogen) atoms. The fourth-order valence-electron chi connectivity index (χ4n) is 2.57. The summed E-state index contributed by atoms with van der Waals surface area (Å²) in [6, 6.07) is 9.94. The number of ether oxygens (including phenoxy) is 1. The number of nitrogens with one attached hydrogen (secondary N) is 1. The van der Waals surface area contributed by atoms with E-state index in [1.165, 1.54) is 0 Å². The first-order chi connectivity index (χ1) is 11.6. The Hall–Kier alpha value is -2.25. The lowest BCUT2D eigenvalue weighted by atomic mass is 10.2. The molecule has 126 valence electrons. The van der Waals surface area contributed by atoms with Crippen LogP contribution in [0.1, 0.15) is 18.5 Å². The second-order valence-electron chi connectivity index (χ2n) is 5.58. The third-order valence-electron chi connectivity index (χ3n) is 3.84. The molecule has 0 aliphatic carbocycles. The SMILES string of the molecule is O=C(NCCc1csc(-c2ccccc2)n1)[C@@H]1CC[C@H](C(=O)O)O1. The summed E-state index contributed by atoms with van der Waals surface area (Å²) >= 11 is 1.58. The Morgan fingerprint density at radius 1 is 1.25 bits per heavy atom. The molecule has 0 saturated carbocycles. The van der Waals surface area contributed by atoms with Gasteiger partial charge in [-0.3, -0.25) is 4.79 Å². The highest BCUT2D eigenvalue weighted by molar-refractivity contribution is 7.13. The van der Waals surface area contributed by atoms with E-state index in [1.54, 1.807) is 11.3 Å². The van der Waals surface area contributed by atoms with Crippen LogP contribution < -0.4 is 5.32 Å². The smallest absolute Gasteiger partial charge is 0.332 e. The molecule has 0 unspecified atom stereocenters. The van der Waals surface area contributed by atoms with Crippen molar-refractivity contribution in [1.29, 1.82) is 0 Å². The highest BCUT2D eigenvalue weighted by Gasteiger charge is 2.34. The Balaban J connectivity index is 1.46. The fourth-order valence-corrected chi connectivity index (χ4v) is 3.43. The van der Waals surface area contributed by atoms with E-state index < -0.39 is 18.2 Å². The summed E-state index contributed by atoms with van der Waals surface area (Å²) in [5, 5.41) is 14.6. The number of hydrogen-bond acceptors (Lipinski definition) is 5. The normalized spacial score (nSPS) is 20.0. The average molecular weight is 346 g/mol. The molecule has 2 aromatic rings. The van der Waals surface area contributed by atoms with E-state index in [1.807, 2.05) is 35.7 Å². The number of rotatable bonds is 6. The average Bonchev–Trinajstić information content (AvgIpc) is 3.25. The number of benzene rings is 1. The summed E-state index contributed by atoms with van der Waals surface area (Å²) in [7, 11) is 0. The van der Waals surface area contributed by atoms with Crippen LogP contribution in [0.15, 0.2) is 35.7 Å². The minimum atomic E-state index is -1.01. The van der Waals surface area contributed by atoms with Gasteiger partial charge in [0.2, 0.25) is 5.91 Å². The zero-order valence-corrected chi connectivity index (χ0v) is 13.8. The van der Waals surface area contributed by atoms with Crippen molar-refractivity contribution in [3.05, 3.63) is 41.4 Å². The van der Waals surface area contributed by atoms with Crippen molar-refractivity contribution in [2.45, 2.75) is 31.5 Å². The number of amides is 1. The number of aliphatic carboxylic acids is 1. The Morgan fingerprint density at radius 3 is 2.71 bits per heavy atom. The lowest BCUT2D eigenvalue weighted by Gasteiger charge is -2.11. The predicted octanol–water partition coefficient (Wildman–Crippen LogP) is 2.10. The number of carboxylic acid groups (broad SMARTS) is 1. The Morgan fingerprint density at radius 2 is 2.00 bits per heavy atom. The quantitative estimate of drug-likeness (QED) is 0.836. The largest absolute Gasteiger partial charge is 0.479 e. The van der Waals surface area contributed by atoms with Crippen LogP contribution in [0.3, 0.4) is 0 Å². The molecule has 1 fully saturated rings. The van der Waals surface area contributed by atoms with Crippen molar-refractivity contribution >= 4 is 23.2 Å². The molecule has 2 heterocycles. The molecule has 0 bridgehead atoms. The molecule has 1 aromatic carbocycles. The lowest BCUT2D eigenvalue weighted by molar-refractivity contribution is -0.151. The van der Waals surface area contributed by atoms with Crippen LogP contribution in [0.4, 0.5) is 0 Å². The van der Waals surface area contributed by atoms with E-state index >= 15 is 0 Å². The second kappa shape index (κ2) is 7.55. The first-order valence-corrected chi connectivity index (χ1v) is 8.67. The monoisotopic (exact) mass is 346 g/mol. The van der Waals surface area contributed by atoms with Gasteiger partial charge in [0.15, 0.2) is 6.10 Å². The third-order valence-corrected chi connectivity index (χ3v) is 4.78. The first kappa shape index (κ1) is 16.6. The number of carbonyl (C=O) groups excluding carboxylic acids is 1. The summed E-state index contributed by atoms with van der Waals surface area (Å²) in [4.78, 5) is 27.4. The van der Waals surface area contributed by atoms with E-state index in [4.69, 9.17) is 9.84 Å². The van der Waals surface area contributed by atoms with E-state index in [0.717, 1.165) is 16.3 Å². The molecule has 0 radical (unpaired) electrons. The van der Waals surface area contributed by atoms with Crippen molar-refractivity contribution in [1.82, 2.24) is 10.3 Å². The summed E-state index contributed by atoms with van der Waals surface area (Å²) in [6.45, 7) is 0.453. The maximum atomic E-state index is 12.0. The molecular weight excluding hydrogens is 328 g/mol. The van der Waals surface area contributed by atoms with Crippen LogP contribution in [0, 0.1) is 0 Å². The van der Waals surface area contributed by atoms with Gasteiger partial charge in [0, 0.05) is 23.9 Å². The zero-order valence-electron chi connectivity index (χ0n) is 13.0. The predicted molar refractivity (Wildman–Crippen MR) is 89.8 cm³/mol. The number of thiazole rings is 1. The van der Waals surface area contributed by atoms with Gasteiger partial charge >= 0.3 is 5.97 Å². The zero-order chi connectivity index (χ0) is 16.9. The molecule has 1 aliphatic heterocycles. The maximum Gasteiger partial charge on any atom is 0.332 e. The van der Waals surface area contributed by atoms with Crippen LogP contribution in [0.2, 0.25) is 0 Å². The van der Waals surface area contributed by atoms with Gasteiger partial charge in [-0.1, -0.05) is 30.3 Å². The number of carbonyl (C=O) groups is 2. The van der Waals surface area contributed by atoms with Gasteiger partial charge in [-0.25, -0.2) is 9.78 Å². The molecule has 2 N–H and O–H groups in total. The van der Waals surface area contributed by atoms with Gasteiger partial charge in [0.25, 0.3) is 0 Å². The van der Waals surface area contributed by atoms with E-state index in [9.17, 15) is 9.59 Å². The van der Waals surface area contributed by atoms with Crippen molar-refractivity contribution in [3.8, 4) is 10.6 Å². The fraction of sp³-hybridized carbons (Fsp3) is 0.353. The van der Waals surface area contributed by atoms with Crippen molar-refractivity contribution in [2.24, 2.45) is 0 Å². The van der Waals surface area contributed by atoms with Crippen LogP contribution >= 0.6 is 11.3 Å². The van der Waals surface area contributed by atoms with Gasteiger partial charge in [-0.15, -0.1) is 11.3 Å². The molecule has 1 amide bonds. The summed E-state index contributed by atoms with van der Waals surface area (Å²) in [6.07, 6.45) is -0.0870. The molecule has 1 aliphatic rings. The Labute approximate surface area is 143 Å². The van der Waals surface area contributed by atoms with E-state index in [0.29, 0.717) is 25.8 Å². The number of hydrogen-bond donors (Lipinski definition) is 2. The standard InChI is InChI=1S/C17H18N2O4S/c20-15(13-6-7-14(23-13)17(21)22)18-9-8-12-10-24-16(19-12)11-4-2-1-3-5-11/h1-5,10,13-14H,6-9H2,(H,18,20)(H,21,22)/t13-,14+/m0/s1. The van der Waals surface area contributed by atoms with Gasteiger partial charge in [-0.2, -0.15) is 0 Å². The van der Waals surface area contributed by atoms with Crippen molar-refractivity contribution < 1.29 is 19.4 Å². The minimum absolute atomic E-state index is 0.253. The Kier molecular flexibility index (Phi) is 5.22. The van der Waals surface area contributed by atoms with Crippen LogP contribution in [0.25, 0.3) is 10.6 Å². The molecule has 1 aromatic heterocycles. The summed E-state index contributed by atoms with van der Waals surface area (Å²) < 4.78 is 5.22. The van der Waals surface area contributed by atoms with E-state index in [2.05, 4.69) is 10.3 Å². The number of aromatic nitrogens is 1. The van der Waals surface area contributed by atoms with Gasteiger partial charge in [0.05, 0.1) is 5.69 Å². The van der Waals surface area contributed by atoms with E-state index in [-0.39, 0.29) is 5.91 Å².